The lowest BCUT2D eigenvalue weighted by atomic mass is 9.55. The third kappa shape index (κ3) is 2.42. The number of ether oxygens (including phenoxy) is 1. The molecule has 0 radical (unpaired) electrons. The van der Waals surface area contributed by atoms with E-state index in [1.807, 2.05) is 0 Å². The Labute approximate surface area is 148 Å². The number of Topliss-reactive ketones (excluding diaryl/α,β-unsaturated/α-hetero) is 1. The van der Waals surface area contributed by atoms with Crippen LogP contribution in [0.2, 0.25) is 0 Å². The molecule has 1 aromatic carbocycles. The second kappa shape index (κ2) is 6.01. The summed E-state index contributed by atoms with van der Waals surface area (Å²) in [7, 11) is 0. The van der Waals surface area contributed by atoms with Crippen LogP contribution in [0, 0.1) is 17.3 Å². The van der Waals surface area contributed by atoms with Crippen LogP contribution in [-0.4, -0.2) is 23.3 Å². The number of carbonyl (C=O) groups is 1. The monoisotopic (exact) mass is 339 g/mol. The zero-order valence-corrected chi connectivity index (χ0v) is 14.7. The van der Waals surface area contributed by atoms with Gasteiger partial charge in [-0.05, 0) is 66.7 Å². The van der Waals surface area contributed by atoms with Crippen molar-refractivity contribution in [2.75, 3.05) is 6.61 Å². The van der Waals surface area contributed by atoms with E-state index < -0.39 is 0 Å². The largest absolute Gasteiger partial charge is 0.490 e. The van der Waals surface area contributed by atoms with Gasteiger partial charge >= 0.3 is 0 Å². The number of oxime groups is 1. The highest BCUT2D eigenvalue weighted by molar-refractivity contribution is 6.43. The second-order valence-electron chi connectivity index (χ2n) is 7.91. The van der Waals surface area contributed by atoms with Crippen molar-refractivity contribution in [3.8, 4) is 5.75 Å². The molecule has 0 spiro atoms. The van der Waals surface area contributed by atoms with Gasteiger partial charge in [-0.25, -0.2) is 0 Å². The molecule has 1 aromatic rings. The Morgan fingerprint density at radius 2 is 2.28 bits per heavy atom. The van der Waals surface area contributed by atoms with E-state index in [1.54, 1.807) is 6.08 Å². The van der Waals surface area contributed by atoms with Gasteiger partial charge in [-0.15, -0.1) is 0 Å². The molecule has 1 N–H and O–H groups in total. The first-order chi connectivity index (χ1) is 12.1. The molecule has 4 heteroatoms. The van der Waals surface area contributed by atoms with Gasteiger partial charge in [0, 0.05) is 11.8 Å². The maximum absolute atomic E-state index is 12.6. The molecule has 2 saturated carbocycles. The first-order valence-electron chi connectivity index (χ1n) is 9.20. The van der Waals surface area contributed by atoms with Crippen LogP contribution in [-0.2, 0) is 11.2 Å². The van der Waals surface area contributed by atoms with Gasteiger partial charge in [0.25, 0.3) is 0 Å². The van der Waals surface area contributed by atoms with E-state index >= 15 is 0 Å². The third-order valence-electron chi connectivity index (χ3n) is 6.77. The topological polar surface area (TPSA) is 58.9 Å². The lowest BCUT2D eigenvalue weighted by Gasteiger charge is -2.47. The lowest BCUT2D eigenvalue weighted by Crippen LogP contribution is -2.42. The molecule has 2 fully saturated rings. The molecule has 0 unspecified atom stereocenters. The number of ketones is 1. The van der Waals surface area contributed by atoms with Crippen LogP contribution in [0.25, 0.3) is 0 Å². The Morgan fingerprint density at radius 3 is 3.04 bits per heavy atom. The molecule has 0 saturated heterocycles. The molecular formula is C21H25NO3. The number of rotatable bonds is 3. The predicted molar refractivity (Wildman–Crippen MR) is 96.4 cm³/mol. The van der Waals surface area contributed by atoms with Gasteiger partial charge in [0.15, 0.2) is 5.78 Å². The highest BCUT2D eigenvalue weighted by Gasteiger charge is 2.57. The molecule has 4 nitrogen and oxygen atoms in total. The standard InChI is InChI=1S/C21H25NO3/c1-3-10-25-14-5-7-15-13(11-14)4-6-17-16(15)8-9-21(2)18(17)12-19(22-24)20(21)23/h3,5,7,11,16-18,24H,1,4,6,8-10,12H2,2H3/b22-19-/t16-,17+,18+,21+/m1/s1. The average Bonchev–Trinajstić information content (AvgIpc) is 2.90. The molecule has 25 heavy (non-hydrogen) atoms. The number of hydrogen-bond donors (Lipinski definition) is 1. The molecule has 4 rings (SSSR count). The van der Waals surface area contributed by atoms with Crippen LogP contribution in [0.5, 0.6) is 5.75 Å². The van der Waals surface area contributed by atoms with Crippen molar-refractivity contribution >= 4 is 11.5 Å². The first kappa shape index (κ1) is 16.4. The van der Waals surface area contributed by atoms with Crippen molar-refractivity contribution in [2.24, 2.45) is 22.4 Å². The smallest absolute Gasteiger partial charge is 0.186 e. The zero-order valence-electron chi connectivity index (χ0n) is 14.7. The molecule has 3 aliphatic carbocycles. The highest BCUT2D eigenvalue weighted by atomic mass is 16.5. The zero-order chi connectivity index (χ0) is 17.6. The maximum Gasteiger partial charge on any atom is 0.186 e. The van der Waals surface area contributed by atoms with Gasteiger partial charge < -0.3 is 9.94 Å². The van der Waals surface area contributed by atoms with Crippen LogP contribution in [0.15, 0.2) is 36.0 Å². The molecule has 132 valence electrons. The van der Waals surface area contributed by atoms with E-state index in [-0.39, 0.29) is 11.2 Å². The van der Waals surface area contributed by atoms with Crippen LogP contribution >= 0.6 is 0 Å². The van der Waals surface area contributed by atoms with Gasteiger partial charge in [-0.3, -0.25) is 4.79 Å². The normalized spacial score (nSPS) is 35.0. The number of nitrogens with zero attached hydrogens (tertiary/aromatic N) is 1. The van der Waals surface area contributed by atoms with Crippen molar-refractivity contribution in [1.29, 1.82) is 0 Å². The predicted octanol–water partition coefficient (Wildman–Crippen LogP) is 4.12. The van der Waals surface area contributed by atoms with Crippen LogP contribution < -0.4 is 4.74 Å². The number of aryl methyl sites for hydroxylation is 1. The summed E-state index contributed by atoms with van der Waals surface area (Å²) in [6.45, 7) is 6.30. The molecule has 0 aliphatic heterocycles. The summed E-state index contributed by atoms with van der Waals surface area (Å²) in [6.07, 6.45) is 6.41. The molecule has 0 amide bonds. The van der Waals surface area contributed by atoms with E-state index in [0.29, 0.717) is 36.5 Å². The van der Waals surface area contributed by atoms with E-state index in [4.69, 9.17) is 4.74 Å². The minimum Gasteiger partial charge on any atom is -0.490 e. The summed E-state index contributed by atoms with van der Waals surface area (Å²) in [5.41, 5.74) is 2.85. The second-order valence-corrected chi connectivity index (χ2v) is 7.91. The van der Waals surface area contributed by atoms with E-state index in [1.165, 1.54) is 11.1 Å². The van der Waals surface area contributed by atoms with Gasteiger partial charge in [0.1, 0.15) is 18.1 Å². The summed E-state index contributed by atoms with van der Waals surface area (Å²) in [6, 6.07) is 6.44. The van der Waals surface area contributed by atoms with Gasteiger partial charge in [-0.1, -0.05) is 30.8 Å². The molecule has 0 aromatic heterocycles. The lowest BCUT2D eigenvalue weighted by molar-refractivity contribution is -0.125. The van der Waals surface area contributed by atoms with Crippen LogP contribution in [0.1, 0.15) is 49.7 Å². The number of hydrogen-bond acceptors (Lipinski definition) is 4. The number of fused-ring (bicyclic) bond motifs is 5. The Morgan fingerprint density at radius 1 is 1.44 bits per heavy atom. The molecule has 0 bridgehead atoms. The Bertz CT molecular complexity index is 754. The van der Waals surface area contributed by atoms with E-state index in [0.717, 1.165) is 31.4 Å². The maximum atomic E-state index is 12.6. The van der Waals surface area contributed by atoms with Gasteiger partial charge in [0.05, 0.1) is 0 Å². The number of carbonyl (C=O) groups excluding carboxylic acids is 1. The molecule has 3 aliphatic rings. The van der Waals surface area contributed by atoms with E-state index in [9.17, 15) is 10.0 Å². The Kier molecular flexibility index (Phi) is 3.94. The van der Waals surface area contributed by atoms with Crippen LogP contribution in [0.4, 0.5) is 0 Å². The minimum atomic E-state index is -0.340. The summed E-state index contributed by atoms with van der Waals surface area (Å²) in [4.78, 5) is 12.6. The number of benzene rings is 1. The van der Waals surface area contributed by atoms with Gasteiger partial charge in [-0.2, -0.15) is 0 Å². The summed E-state index contributed by atoms with van der Waals surface area (Å²) >= 11 is 0. The summed E-state index contributed by atoms with van der Waals surface area (Å²) in [5, 5.41) is 12.5. The Hall–Kier alpha value is -2.10. The SMILES string of the molecule is C=CCOc1ccc2c(c1)CC[C@H]1[C@@H]2CC[C@]2(C)C(=O)/C(=N\O)C[C@@H]12. The fourth-order valence-electron chi connectivity index (χ4n) is 5.50. The summed E-state index contributed by atoms with van der Waals surface area (Å²) < 4.78 is 5.68. The van der Waals surface area contributed by atoms with Crippen molar-refractivity contribution in [3.05, 3.63) is 42.0 Å². The van der Waals surface area contributed by atoms with Crippen molar-refractivity contribution in [2.45, 2.75) is 44.9 Å². The third-order valence-corrected chi connectivity index (χ3v) is 6.77. The summed E-state index contributed by atoms with van der Waals surface area (Å²) in [5.74, 6) is 2.27. The Balaban J connectivity index is 1.64. The molecule has 4 atom stereocenters. The fraction of sp³-hybridized carbons (Fsp3) is 0.524. The average molecular weight is 339 g/mol. The first-order valence-corrected chi connectivity index (χ1v) is 9.20. The van der Waals surface area contributed by atoms with Crippen LogP contribution in [0.3, 0.4) is 0 Å². The quantitative estimate of drug-likeness (QED) is 0.512. The van der Waals surface area contributed by atoms with E-state index in [2.05, 4.69) is 36.9 Å². The van der Waals surface area contributed by atoms with Gasteiger partial charge in [0.2, 0.25) is 0 Å². The molecule has 0 heterocycles. The van der Waals surface area contributed by atoms with Crippen molar-refractivity contribution < 1.29 is 14.7 Å². The van der Waals surface area contributed by atoms with Crippen molar-refractivity contribution in [3.63, 3.8) is 0 Å². The minimum absolute atomic E-state index is 0.0671. The highest BCUT2D eigenvalue weighted by Crippen LogP contribution is 2.59. The van der Waals surface area contributed by atoms with Crippen molar-refractivity contribution in [1.82, 2.24) is 0 Å². The fourth-order valence-corrected chi connectivity index (χ4v) is 5.50. The molecular weight excluding hydrogens is 314 g/mol.